The quantitative estimate of drug-likeness (QED) is 0.520. The first-order valence-electron chi connectivity index (χ1n) is 2.43. The molecule has 0 aromatic carbocycles. The number of aromatic nitrogens is 1. The van der Waals surface area contributed by atoms with Gasteiger partial charge < -0.3 is 3.07 Å². The molecule has 0 spiro atoms. The molecule has 1 aromatic rings. The number of nitrogens with zero attached hydrogens (tertiary/aromatic N) is 2. The smallest absolute Gasteiger partial charge is 0.296 e. The normalized spacial score (nSPS) is 6.40. The van der Waals surface area contributed by atoms with Crippen molar-refractivity contribution in [3.63, 3.8) is 0 Å². The monoisotopic (exact) mass is 248 g/mol. The number of pyridine rings is 1. The second kappa shape index (κ2) is 8.17. The first-order valence-corrected chi connectivity index (χ1v) is 3.31. The fourth-order valence-electron chi connectivity index (χ4n) is 0.313. The summed E-state index contributed by atoms with van der Waals surface area (Å²) in [5.41, 5.74) is 0. The predicted octanol–water partition coefficient (Wildman–Crippen LogP) is 1.92. The highest BCUT2D eigenvalue weighted by molar-refractivity contribution is 14.1. The second-order valence-electron chi connectivity index (χ2n) is 1.19. The van der Waals surface area contributed by atoms with Crippen LogP contribution >= 0.6 is 23.0 Å². The lowest BCUT2D eigenvalue weighted by Gasteiger charge is -1.70. The molecule has 0 atom stereocenters. The largest absolute Gasteiger partial charge is 0.357 e. The van der Waals surface area contributed by atoms with E-state index in [1.54, 1.807) is 12.4 Å². The lowest BCUT2D eigenvalue weighted by Crippen LogP contribution is -1.58. The van der Waals surface area contributed by atoms with Crippen LogP contribution in [0.5, 0.6) is 0 Å². The first kappa shape index (κ1) is 9.17. The molecule has 52 valence electrons. The van der Waals surface area contributed by atoms with Crippen molar-refractivity contribution in [2.75, 3.05) is 0 Å². The summed E-state index contributed by atoms with van der Waals surface area (Å²) >= 11 is 1.49. The Hall–Kier alpha value is -0.830. The van der Waals surface area contributed by atoms with Crippen molar-refractivity contribution in [3.05, 3.63) is 30.6 Å². The van der Waals surface area contributed by atoms with Crippen LogP contribution in [0.4, 0.5) is 0 Å². The minimum Gasteiger partial charge on any atom is -0.357 e. The van der Waals surface area contributed by atoms with Gasteiger partial charge in [0.25, 0.3) is 6.26 Å². The average Bonchev–Trinajstić information content (AvgIpc) is 2.08. The van der Waals surface area contributed by atoms with Gasteiger partial charge in [-0.15, -0.1) is 5.26 Å². The van der Waals surface area contributed by atoms with Crippen molar-refractivity contribution in [2.24, 2.45) is 0 Å². The molecule has 3 nitrogen and oxygen atoms in total. The first-order chi connectivity index (χ1) is 4.91. The van der Waals surface area contributed by atoms with E-state index in [4.69, 9.17) is 5.26 Å². The minimum absolute atomic E-state index is 1.42. The highest BCUT2D eigenvalue weighted by Gasteiger charge is 1.58. The maximum absolute atomic E-state index is 7.40. The predicted molar refractivity (Wildman–Crippen MR) is 45.0 cm³/mol. The van der Waals surface area contributed by atoms with Gasteiger partial charge in [-0.3, -0.25) is 4.98 Å². The molecule has 0 aliphatic heterocycles. The number of halogens is 1. The van der Waals surface area contributed by atoms with Gasteiger partial charge >= 0.3 is 0 Å². The Morgan fingerprint density at radius 3 is 1.90 bits per heavy atom. The van der Waals surface area contributed by atoms with Crippen LogP contribution in [0.1, 0.15) is 0 Å². The molecule has 0 aliphatic rings. The average molecular weight is 248 g/mol. The Balaban J connectivity index is 0.000000180. The summed E-state index contributed by atoms with van der Waals surface area (Å²) in [7, 11) is 0. The molecule has 0 N–H and O–H groups in total. The third-order valence-corrected chi connectivity index (χ3v) is 0.798. The molecule has 1 rings (SSSR count). The topological polar surface area (TPSA) is 45.9 Å². The van der Waals surface area contributed by atoms with Crippen molar-refractivity contribution in [1.82, 2.24) is 4.98 Å². The van der Waals surface area contributed by atoms with Crippen molar-refractivity contribution < 1.29 is 3.07 Å². The molecule has 0 radical (unpaired) electrons. The Kier molecular flexibility index (Phi) is 7.49. The molecular weight excluding hydrogens is 243 g/mol. The Bertz CT molecular complexity index is 158. The van der Waals surface area contributed by atoms with Gasteiger partial charge in [0.2, 0.25) is 23.0 Å². The zero-order chi connectivity index (χ0) is 7.66. The zero-order valence-corrected chi connectivity index (χ0v) is 7.22. The van der Waals surface area contributed by atoms with Gasteiger partial charge in [0, 0.05) is 12.4 Å². The van der Waals surface area contributed by atoms with Crippen LogP contribution in [-0.4, -0.2) is 4.98 Å². The van der Waals surface area contributed by atoms with E-state index in [1.807, 2.05) is 18.2 Å². The van der Waals surface area contributed by atoms with Gasteiger partial charge in [0.05, 0.1) is 0 Å². The van der Waals surface area contributed by atoms with Gasteiger partial charge in [0.1, 0.15) is 0 Å². The van der Waals surface area contributed by atoms with Crippen LogP contribution in [0.25, 0.3) is 0 Å². The maximum atomic E-state index is 7.40. The Morgan fingerprint density at radius 1 is 1.30 bits per heavy atom. The van der Waals surface area contributed by atoms with Crippen LogP contribution in [0, 0.1) is 11.5 Å². The summed E-state index contributed by atoms with van der Waals surface area (Å²) in [5.74, 6) is 0. The van der Waals surface area contributed by atoms with Crippen LogP contribution in [-0.2, 0) is 3.07 Å². The summed E-state index contributed by atoms with van der Waals surface area (Å²) < 4.78 is 3.82. The lowest BCUT2D eigenvalue weighted by atomic mass is 10.5. The fourth-order valence-corrected chi connectivity index (χ4v) is 0.313. The molecule has 0 saturated carbocycles. The fraction of sp³-hybridized carbons (Fsp3) is 0. The van der Waals surface area contributed by atoms with E-state index in [1.165, 1.54) is 29.3 Å². The molecule has 1 aromatic heterocycles. The van der Waals surface area contributed by atoms with Crippen LogP contribution in [0.3, 0.4) is 0 Å². The van der Waals surface area contributed by atoms with Crippen LogP contribution in [0.2, 0.25) is 0 Å². The molecule has 0 aliphatic carbocycles. The summed E-state index contributed by atoms with van der Waals surface area (Å²) in [5, 5.41) is 7.40. The SMILES string of the molecule is N#COI.c1ccncc1. The number of hydrogen-bond donors (Lipinski definition) is 0. The maximum Gasteiger partial charge on any atom is 0.296 e. The van der Waals surface area contributed by atoms with E-state index in [2.05, 4.69) is 8.05 Å². The molecule has 0 saturated heterocycles. The van der Waals surface area contributed by atoms with Crippen LogP contribution < -0.4 is 0 Å². The van der Waals surface area contributed by atoms with E-state index < -0.39 is 0 Å². The Morgan fingerprint density at radius 2 is 1.80 bits per heavy atom. The summed E-state index contributed by atoms with van der Waals surface area (Å²) in [6.45, 7) is 0. The van der Waals surface area contributed by atoms with E-state index in [-0.39, 0.29) is 0 Å². The lowest BCUT2D eigenvalue weighted by molar-refractivity contribution is 0.666. The third kappa shape index (κ3) is 7.17. The Labute approximate surface area is 73.3 Å². The summed E-state index contributed by atoms with van der Waals surface area (Å²) in [6.07, 6.45) is 4.92. The molecule has 0 unspecified atom stereocenters. The van der Waals surface area contributed by atoms with Crippen LogP contribution in [0.15, 0.2) is 30.6 Å². The van der Waals surface area contributed by atoms with Gasteiger partial charge in [-0.1, -0.05) is 6.07 Å². The number of nitriles is 1. The molecule has 0 fully saturated rings. The van der Waals surface area contributed by atoms with Gasteiger partial charge in [-0.05, 0) is 12.1 Å². The molecule has 0 amide bonds. The second-order valence-corrected chi connectivity index (χ2v) is 1.63. The molecule has 0 bridgehead atoms. The van der Waals surface area contributed by atoms with Crippen molar-refractivity contribution in [3.8, 4) is 6.26 Å². The standard InChI is InChI=1S/C5H5N.CINO/c1-2-4-6-5-3-1;2-4-1-3/h1-5H;. The van der Waals surface area contributed by atoms with Crippen molar-refractivity contribution >= 4 is 23.0 Å². The van der Waals surface area contributed by atoms with Gasteiger partial charge in [-0.2, -0.15) is 0 Å². The van der Waals surface area contributed by atoms with E-state index >= 15 is 0 Å². The molecular formula is C6H5IN2O. The number of hydrogen-bond acceptors (Lipinski definition) is 3. The van der Waals surface area contributed by atoms with Gasteiger partial charge in [-0.25, -0.2) is 0 Å². The molecule has 4 heteroatoms. The summed E-state index contributed by atoms with van der Waals surface area (Å²) in [6, 6.07) is 5.72. The van der Waals surface area contributed by atoms with E-state index in [9.17, 15) is 0 Å². The highest BCUT2D eigenvalue weighted by atomic mass is 127. The molecule has 10 heavy (non-hydrogen) atoms. The summed E-state index contributed by atoms with van der Waals surface area (Å²) in [4.78, 5) is 3.78. The van der Waals surface area contributed by atoms with Gasteiger partial charge in [0.15, 0.2) is 0 Å². The minimum atomic E-state index is 1.42. The molecule has 1 heterocycles. The van der Waals surface area contributed by atoms with Crippen molar-refractivity contribution in [1.29, 1.82) is 5.26 Å². The third-order valence-electron chi connectivity index (χ3n) is 0.601. The zero-order valence-electron chi connectivity index (χ0n) is 5.07. The van der Waals surface area contributed by atoms with E-state index in [0.717, 1.165) is 0 Å². The van der Waals surface area contributed by atoms with Crippen molar-refractivity contribution in [2.45, 2.75) is 0 Å². The van der Waals surface area contributed by atoms with E-state index in [0.29, 0.717) is 0 Å². The number of rotatable bonds is 0. The highest BCUT2D eigenvalue weighted by Crippen LogP contribution is 1.75.